The number of carbonyl (C=O) groups is 2. The highest BCUT2D eigenvalue weighted by atomic mass is 19.1. The monoisotopic (exact) mass is 362 g/mol. The van der Waals surface area contributed by atoms with Crippen molar-refractivity contribution in [3.05, 3.63) is 59.7 Å². The molecule has 0 heterocycles. The molecule has 7 heteroatoms. The van der Waals surface area contributed by atoms with Gasteiger partial charge < -0.3 is 15.0 Å². The molecule has 0 fully saturated rings. The summed E-state index contributed by atoms with van der Waals surface area (Å²) in [7, 11) is 0. The number of aryl methyl sites for hydroxylation is 1. The van der Waals surface area contributed by atoms with Crippen molar-refractivity contribution >= 4 is 17.5 Å². The second kappa shape index (κ2) is 8.94. The summed E-state index contributed by atoms with van der Waals surface area (Å²) < 4.78 is 32.5. The molecule has 2 amide bonds. The van der Waals surface area contributed by atoms with Crippen LogP contribution in [-0.4, -0.2) is 36.4 Å². The predicted octanol–water partition coefficient (Wildman–Crippen LogP) is 3.14. The summed E-state index contributed by atoms with van der Waals surface area (Å²) in [5.74, 6) is -2.32. The number of halogens is 2. The molecule has 2 rings (SSSR count). The summed E-state index contributed by atoms with van der Waals surface area (Å²) in [5.41, 5.74) is 0.535. The minimum atomic E-state index is -0.879. The number of nitrogens with zero attached hydrogens (tertiary/aromatic N) is 1. The van der Waals surface area contributed by atoms with Gasteiger partial charge in [0.05, 0.1) is 6.54 Å². The summed E-state index contributed by atoms with van der Waals surface area (Å²) in [6.07, 6.45) is 0. The van der Waals surface area contributed by atoms with Crippen LogP contribution in [0.2, 0.25) is 0 Å². The van der Waals surface area contributed by atoms with Gasteiger partial charge >= 0.3 is 0 Å². The molecule has 0 radical (unpaired) electrons. The summed E-state index contributed by atoms with van der Waals surface area (Å²) in [5, 5.41) is 2.15. The molecule has 0 aliphatic carbocycles. The maximum atomic E-state index is 13.6. The Labute approximate surface area is 150 Å². The molecule has 0 saturated heterocycles. The van der Waals surface area contributed by atoms with E-state index in [9.17, 15) is 18.4 Å². The van der Waals surface area contributed by atoms with Gasteiger partial charge in [0.25, 0.3) is 5.91 Å². The molecule has 138 valence electrons. The van der Waals surface area contributed by atoms with Crippen molar-refractivity contribution < 1.29 is 23.1 Å². The van der Waals surface area contributed by atoms with E-state index >= 15 is 0 Å². The number of carbonyl (C=O) groups excluding carboxylic acids is 2. The van der Waals surface area contributed by atoms with Gasteiger partial charge in [-0.15, -0.1) is 0 Å². The van der Waals surface area contributed by atoms with Crippen molar-refractivity contribution in [2.24, 2.45) is 0 Å². The van der Waals surface area contributed by atoms with E-state index in [4.69, 9.17) is 4.74 Å². The molecular formula is C19H20F2N2O3. The first-order valence-electron chi connectivity index (χ1n) is 8.11. The third kappa shape index (κ3) is 5.27. The highest BCUT2D eigenvalue weighted by Crippen LogP contribution is 2.18. The Bertz CT molecular complexity index is 759. The van der Waals surface area contributed by atoms with Gasteiger partial charge in [-0.1, -0.05) is 23.8 Å². The highest BCUT2D eigenvalue weighted by molar-refractivity contribution is 5.94. The van der Waals surface area contributed by atoms with E-state index in [-0.39, 0.29) is 19.7 Å². The normalized spacial score (nSPS) is 10.3. The zero-order chi connectivity index (χ0) is 19.1. The number of hydrogen-bond acceptors (Lipinski definition) is 3. The third-order valence-electron chi connectivity index (χ3n) is 3.68. The first-order chi connectivity index (χ1) is 12.4. The fourth-order valence-corrected chi connectivity index (χ4v) is 2.22. The minimum absolute atomic E-state index is 0.238. The Hall–Kier alpha value is -2.96. The van der Waals surface area contributed by atoms with Crippen LogP contribution in [0.5, 0.6) is 5.75 Å². The lowest BCUT2D eigenvalue weighted by atomic mass is 10.2. The van der Waals surface area contributed by atoms with Crippen LogP contribution < -0.4 is 10.1 Å². The molecule has 0 bridgehead atoms. The molecule has 2 aromatic carbocycles. The van der Waals surface area contributed by atoms with Gasteiger partial charge in [0.2, 0.25) is 5.91 Å². The topological polar surface area (TPSA) is 58.6 Å². The molecule has 0 unspecified atom stereocenters. The molecule has 2 aromatic rings. The van der Waals surface area contributed by atoms with Crippen LogP contribution in [0.4, 0.5) is 14.5 Å². The van der Waals surface area contributed by atoms with Gasteiger partial charge in [-0.3, -0.25) is 9.59 Å². The van der Waals surface area contributed by atoms with Crippen LogP contribution in [0.3, 0.4) is 0 Å². The minimum Gasteiger partial charge on any atom is -0.484 e. The van der Waals surface area contributed by atoms with Crippen LogP contribution >= 0.6 is 0 Å². The molecule has 0 spiro atoms. The summed E-state index contributed by atoms with van der Waals surface area (Å²) in [4.78, 5) is 25.5. The van der Waals surface area contributed by atoms with Gasteiger partial charge in [0.1, 0.15) is 23.1 Å². The Morgan fingerprint density at radius 2 is 1.69 bits per heavy atom. The number of benzene rings is 2. The van der Waals surface area contributed by atoms with Crippen molar-refractivity contribution in [1.29, 1.82) is 0 Å². The van der Waals surface area contributed by atoms with Gasteiger partial charge in [-0.05, 0) is 38.1 Å². The van der Waals surface area contributed by atoms with Crippen molar-refractivity contribution in [1.82, 2.24) is 4.90 Å². The summed E-state index contributed by atoms with van der Waals surface area (Å²) >= 11 is 0. The first-order valence-corrected chi connectivity index (χ1v) is 8.11. The number of hydrogen-bond donors (Lipinski definition) is 1. The fourth-order valence-electron chi connectivity index (χ4n) is 2.22. The molecule has 0 aliphatic heterocycles. The van der Waals surface area contributed by atoms with E-state index in [1.165, 1.54) is 11.0 Å². The number of ether oxygens (including phenoxy) is 1. The number of nitrogens with one attached hydrogen (secondary N) is 1. The Morgan fingerprint density at radius 1 is 1.08 bits per heavy atom. The maximum absolute atomic E-state index is 13.6. The molecule has 5 nitrogen and oxygen atoms in total. The molecule has 0 aromatic heterocycles. The average molecular weight is 362 g/mol. The average Bonchev–Trinajstić information content (AvgIpc) is 2.62. The second-order valence-electron chi connectivity index (χ2n) is 5.65. The van der Waals surface area contributed by atoms with Crippen LogP contribution in [0.25, 0.3) is 0 Å². The van der Waals surface area contributed by atoms with E-state index in [0.29, 0.717) is 5.75 Å². The maximum Gasteiger partial charge on any atom is 0.260 e. The summed E-state index contributed by atoms with van der Waals surface area (Å²) in [6.45, 7) is 3.31. The van der Waals surface area contributed by atoms with Crippen molar-refractivity contribution in [2.75, 3.05) is 25.0 Å². The van der Waals surface area contributed by atoms with Crippen LogP contribution in [0, 0.1) is 18.6 Å². The van der Waals surface area contributed by atoms with Gasteiger partial charge in [-0.2, -0.15) is 0 Å². The van der Waals surface area contributed by atoms with E-state index in [1.807, 2.05) is 19.1 Å². The molecule has 1 N–H and O–H groups in total. The number of anilines is 1. The van der Waals surface area contributed by atoms with Gasteiger partial charge in [0, 0.05) is 6.54 Å². The Balaban J connectivity index is 1.91. The van der Waals surface area contributed by atoms with Crippen LogP contribution in [0.15, 0.2) is 42.5 Å². The SMILES string of the molecule is CCN(CC(=O)Nc1c(F)cccc1F)C(=O)COc1ccc(C)cc1. The number of likely N-dealkylation sites (N-methyl/N-ethyl adjacent to an activating group) is 1. The van der Waals surface area contributed by atoms with Gasteiger partial charge in [0.15, 0.2) is 6.61 Å². The first kappa shape index (κ1) is 19.4. The van der Waals surface area contributed by atoms with E-state index in [0.717, 1.165) is 17.7 Å². The largest absolute Gasteiger partial charge is 0.484 e. The number of amides is 2. The third-order valence-corrected chi connectivity index (χ3v) is 3.68. The number of rotatable bonds is 7. The van der Waals surface area contributed by atoms with Crippen LogP contribution in [0.1, 0.15) is 12.5 Å². The van der Waals surface area contributed by atoms with E-state index in [2.05, 4.69) is 5.32 Å². The number of para-hydroxylation sites is 1. The van der Waals surface area contributed by atoms with E-state index < -0.39 is 29.1 Å². The fraction of sp³-hybridized carbons (Fsp3) is 0.263. The second-order valence-corrected chi connectivity index (χ2v) is 5.65. The highest BCUT2D eigenvalue weighted by Gasteiger charge is 2.18. The molecule has 26 heavy (non-hydrogen) atoms. The lowest BCUT2D eigenvalue weighted by Crippen LogP contribution is -2.40. The predicted molar refractivity (Wildman–Crippen MR) is 93.9 cm³/mol. The van der Waals surface area contributed by atoms with E-state index in [1.54, 1.807) is 19.1 Å². The van der Waals surface area contributed by atoms with Crippen molar-refractivity contribution in [3.63, 3.8) is 0 Å². The van der Waals surface area contributed by atoms with Crippen molar-refractivity contribution in [2.45, 2.75) is 13.8 Å². The standard InChI is InChI=1S/C19H20F2N2O3/c1-3-23(18(25)12-26-14-9-7-13(2)8-10-14)11-17(24)22-19-15(20)5-4-6-16(19)21/h4-10H,3,11-12H2,1-2H3,(H,22,24). The van der Waals surface area contributed by atoms with Crippen LogP contribution in [-0.2, 0) is 9.59 Å². The van der Waals surface area contributed by atoms with Crippen molar-refractivity contribution in [3.8, 4) is 5.75 Å². The lowest BCUT2D eigenvalue weighted by Gasteiger charge is -2.20. The molecule has 0 aliphatic rings. The Morgan fingerprint density at radius 3 is 2.27 bits per heavy atom. The smallest absolute Gasteiger partial charge is 0.260 e. The summed E-state index contributed by atoms with van der Waals surface area (Å²) in [6, 6.07) is 10.5. The zero-order valence-electron chi connectivity index (χ0n) is 14.6. The zero-order valence-corrected chi connectivity index (χ0v) is 14.6. The Kier molecular flexibility index (Phi) is 6.66. The quantitative estimate of drug-likeness (QED) is 0.823. The lowest BCUT2D eigenvalue weighted by molar-refractivity contribution is -0.136. The molecule has 0 atom stereocenters. The molecular weight excluding hydrogens is 342 g/mol. The van der Waals surface area contributed by atoms with Gasteiger partial charge in [-0.25, -0.2) is 8.78 Å². The molecule has 0 saturated carbocycles.